The summed E-state index contributed by atoms with van der Waals surface area (Å²) in [5.74, 6) is -0.730. The molecule has 1 aromatic rings. The number of rotatable bonds is 2. The predicted octanol–water partition coefficient (Wildman–Crippen LogP) is 1.80. The van der Waals surface area contributed by atoms with Gasteiger partial charge in [0.25, 0.3) is 0 Å². The molecule has 0 aromatic heterocycles. The molecule has 0 saturated carbocycles. The molecule has 1 amide bonds. The highest BCUT2D eigenvalue weighted by Gasteiger charge is 2.23. The van der Waals surface area contributed by atoms with E-state index in [1.165, 1.54) is 6.07 Å². The van der Waals surface area contributed by atoms with Gasteiger partial charge in [-0.2, -0.15) is 0 Å². The summed E-state index contributed by atoms with van der Waals surface area (Å²) in [6.07, 6.45) is 0.709. The number of amides is 1. The Hall–Kier alpha value is -1.42. The van der Waals surface area contributed by atoms with E-state index in [1.54, 1.807) is 18.2 Å². The van der Waals surface area contributed by atoms with Crippen LogP contribution in [0.25, 0.3) is 0 Å². The number of nitrogens with one attached hydrogen (secondary N) is 1. The van der Waals surface area contributed by atoms with Crippen molar-refractivity contribution in [2.24, 2.45) is 5.92 Å². The number of benzene rings is 1. The van der Waals surface area contributed by atoms with E-state index in [0.29, 0.717) is 19.6 Å². The van der Waals surface area contributed by atoms with Crippen molar-refractivity contribution in [3.05, 3.63) is 30.1 Å². The van der Waals surface area contributed by atoms with Gasteiger partial charge in [0.1, 0.15) is 5.82 Å². The van der Waals surface area contributed by atoms with E-state index >= 15 is 0 Å². The maximum Gasteiger partial charge on any atom is 0.229 e. The molecule has 1 unspecified atom stereocenters. The molecule has 1 atom stereocenters. The van der Waals surface area contributed by atoms with E-state index in [4.69, 9.17) is 4.74 Å². The quantitative estimate of drug-likeness (QED) is 0.806. The topological polar surface area (TPSA) is 38.3 Å². The molecule has 0 bridgehead atoms. The van der Waals surface area contributed by atoms with Crippen LogP contribution in [0.5, 0.6) is 0 Å². The number of hydrogen-bond donors (Lipinski definition) is 1. The monoisotopic (exact) mass is 209 g/mol. The molecule has 80 valence electrons. The molecular formula is C11H12FNO2. The largest absolute Gasteiger partial charge is 0.381 e. The van der Waals surface area contributed by atoms with Crippen LogP contribution in [0.1, 0.15) is 6.42 Å². The van der Waals surface area contributed by atoms with E-state index in [9.17, 15) is 9.18 Å². The SMILES string of the molecule is O=C(Nc1ccccc1F)C1CCOC1. The van der Waals surface area contributed by atoms with Crippen LogP contribution < -0.4 is 5.32 Å². The van der Waals surface area contributed by atoms with Gasteiger partial charge < -0.3 is 10.1 Å². The normalized spacial score (nSPS) is 20.2. The summed E-state index contributed by atoms with van der Waals surface area (Å²) in [7, 11) is 0. The Morgan fingerprint density at radius 1 is 1.47 bits per heavy atom. The molecule has 1 aliphatic heterocycles. The van der Waals surface area contributed by atoms with Crippen molar-refractivity contribution in [1.82, 2.24) is 0 Å². The van der Waals surface area contributed by atoms with Crippen LogP contribution in [0, 0.1) is 11.7 Å². The number of hydrogen-bond acceptors (Lipinski definition) is 2. The first-order valence-corrected chi connectivity index (χ1v) is 4.90. The summed E-state index contributed by atoms with van der Waals surface area (Å²) in [5, 5.41) is 2.56. The van der Waals surface area contributed by atoms with Gasteiger partial charge in [0.05, 0.1) is 18.2 Å². The molecule has 2 rings (SSSR count). The lowest BCUT2D eigenvalue weighted by molar-refractivity contribution is -0.119. The fourth-order valence-electron chi connectivity index (χ4n) is 1.54. The molecule has 4 heteroatoms. The smallest absolute Gasteiger partial charge is 0.229 e. The van der Waals surface area contributed by atoms with Crippen molar-refractivity contribution in [3.63, 3.8) is 0 Å². The van der Waals surface area contributed by atoms with Crippen molar-refractivity contribution >= 4 is 11.6 Å². The van der Waals surface area contributed by atoms with Crippen LogP contribution >= 0.6 is 0 Å². The van der Waals surface area contributed by atoms with Gasteiger partial charge in [-0.15, -0.1) is 0 Å². The fraction of sp³-hybridized carbons (Fsp3) is 0.364. The van der Waals surface area contributed by atoms with Crippen molar-refractivity contribution in [3.8, 4) is 0 Å². The zero-order chi connectivity index (χ0) is 10.7. The number of anilines is 1. The molecule has 1 heterocycles. The minimum atomic E-state index is -0.412. The lowest BCUT2D eigenvalue weighted by atomic mass is 10.1. The molecular weight excluding hydrogens is 197 g/mol. The zero-order valence-electron chi connectivity index (χ0n) is 8.20. The molecule has 0 spiro atoms. The number of carbonyl (C=O) groups is 1. The second-order valence-electron chi connectivity index (χ2n) is 3.53. The van der Waals surface area contributed by atoms with Crippen molar-refractivity contribution < 1.29 is 13.9 Å². The zero-order valence-corrected chi connectivity index (χ0v) is 8.20. The van der Waals surface area contributed by atoms with Crippen molar-refractivity contribution in [2.75, 3.05) is 18.5 Å². The standard InChI is InChI=1S/C11H12FNO2/c12-9-3-1-2-4-10(9)13-11(14)8-5-6-15-7-8/h1-4,8H,5-7H2,(H,13,14). The Balaban J connectivity index is 2.02. The van der Waals surface area contributed by atoms with Crippen molar-refractivity contribution in [1.29, 1.82) is 0 Å². The third kappa shape index (κ3) is 2.33. The predicted molar refractivity (Wildman–Crippen MR) is 54.0 cm³/mol. The second kappa shape index (κ2) is 4.40. The Morgan fingerprint density at radius 3 is 2.93 bits per heavy atom. The van der Waals surface area contributed by atoms with Crippen LogP contribution in [-0.4, -0.2) is 19.1 Å². The van der Waals surface area contributed by atoms with Crippen molar-refractivity contribution in [2.45, 2.75) is 6.42 Å². The number of ether oxygens (including phenoxy) is 1. The van der Waals surface area contributed by atoms with Gasteiger partial charge in [-0.05, 0) is 18.6 Å². The summed E-state index contributed by atoms with van der Waals surface area (Å²) < 4.78 is 18.3. The summed E-state index contributed by atoms with van der Waals surface area (Å²) in [5.41, 5.74) is 0.231. The van der Waals surface area contributed by atoms with Crippen LogP contribution in [0.4, 0.5) is 10.1 Å². The Kier molecular flexibility index (Phi) is 2.97. The molecule has 1 N–H and O–H groups in total. The second-order valence-corrected chi connectivity index (χ2v) is 3.53. The molecule has 1 saturated heterocycles. The molecule has 0 aliphatic carbocycles. The molecule has 1 aromatic carbocycles. The molecule has 0 radical (unpaired) electrons. The van der Waals surface area contributed by atoms with E-state index in [0.717, 1.165) is 0 Å². The van der Waals surface area contributed by atoms with Gasteiger partial charge in [0.15, 0.2) is 0 Å². The minimum Gasteiger partial charge on any atom is -0.381 e. The fourth-order valence-corrected chi connectivity index (χ4v) is 1.54. The Bertz CT molecular complexity index is 361. The summed E-state index contributed by atoms with van der Waals surface area (Å²) >= 11 is 0. The number of carbonyl (C=O) groups excluding carboxylic acids is 1. The first-order chi connectivity index (χ1) is 7.27. The highest BCUT2D eigenvalue weighted by molar-refractivity contribution is 5.92. The van der Waals surface area contributed by atoms with Gasteiger partial charge in [-0.25, -0.2) is 4.39 Å². The molecule has 1 aliphatic rings. The summed E-state index contributed by atoms with van der Waals surface area (Å²) in [4.78, 5) is 11.6. The highest BCUT2D eigenvalue weighted by atomic mass is 19.1. The van der Waals surface area contributed by atoms with Gasteiger partial charge in [0.2, 0.25) is 5.91 Å². The third-order valence-corrected chi connectivity index (χ3v) is 2.43. The Morgan fingerprint density at radius 2 is 2.27 bits per heavy atom. The molecule has 1 fully saturated rings. The average Bonchev–Trinajstić information content (AvgIpc) is 2.74. The van der Waals surface area contributed by atoms with Crippen LogP contribution in [0.3, 0.4) is 0 Å². The van der Waals surface area contributed by atoms with E-state index < -0.39 is 5.82 Å². The minimum absolute atomic E-state index is 0.149. The van der Waals surface area contributed by atoms with Gasteiger partial charge >= 0.3 is 0 Å². The van der Waals surface area contributed by atoms with E-state index in [1.807, 2.05) is 0 Å². The van der Waals surface area contributed by atoms with Crippen LogP contribution in [0.2, 0.25) is 0 Å². The molecule has 3 nitrogen and oxygen atoms in total. The van der Waals surface area contributed by atoms with Gasteiger partial charge in [0, 0.05) is 6.61 Å². The first-order valence-electron chi connectivity index (χ1n) is 4.90. The summed E-state index contributed by atoms with van der Waals surface area (Å²) in [6.45, 7) is 1.04. The lowest BCUT2D eigenvalue weighted by Crippen LogP contribution is -2.23. The maximum atomic E-state index is 13.2. The number of halogens is 1. The molecule has 15 heavy (non-hydrogen) atoms. The average molecular weight is 209 g/mol. The first kappa shape index (κ1) is 10.1. The van der Waals surface area contributed by atoms with Gasteiger partial charge in [-0.1, -0.05) is 12.1 Å². The lowest BCUT2D eigenvalue weighted by Gasteiger charge is -2.09. The van der Waals surface area contributed by atoms with Gasteiger partial charge in [-0.3, -0.25) is 4.79 Å². The summed E-state index contributed by atoms with van der Waals surface area (Å²) in [6, 6.07) is 6.14. The highest BCUT2D eigenvalue weighted by Crippen LogP contribution is 2.17. The van der Waals surface area contributed by atoms with E-state index in [-0.39, 0.29) is 17.5 Å². The maximum absolute atomic E-state index is 13.2. The number of para-hydroxylation sites is 1. The van der Waals surface area contributed by atoms with Crippen LogP contribution in [0.15, 0.2) is 24.3 Å². The third-order valence-electron chi connectivity index (χ3n) is 2.43. The van der Waals surface area contributed by atoms with Crippen LogP contribution in [-0.2, 0) is 9.53 Å². The Labute approximate surface area is 87.2 Å². The van der Waals surface area contributed by atoms with E-state index in [2.05, 4.69) is 5.32 Å².